The second-order valence-electron chi connectivity index (χ2n) is 5.35. The van der Waals surface area contributed by atoms with Crippen LogP contribution < -0.4 is 5.32 Å². The number of fused-ring (bicyclic) bond motifs is 1. The van der Waals surface area contributed by atoms with E-state index in [9.17, 15) is 0 Å². The Morgan fingerprint density at radius 2 is 2.20 bits per heavy atom. The topological polar surface area (TPSA) is 24.9 Å². The summed E-state index contributed by atoms with van der Waals surface area (Å²) < 4.78 is 0. The fourth-order valence-electron chi connectivity index (χ4n) is 2.72. The van der Waals surface area contributed by atoms with Gasteiger partial charge < -0.3 is 5.32 Å². The molecular weight excluding hydrogens is 284 g/mol. The molecule has 0 radical (unpaired) electrons. The number of thiazole rings is 1. The third-order valence-electron chi connectivity index (χ3n) is 3.82. The van der Waals surface area contributed by atoms with Crippen LogP contribution in [0.25, 0.3) is 9.88 Å². The van der Waals surface area contributed by atoms with Gasteiger partial charge >= 0.3 is 0 Å². The van der Waals surface area contributed by atoms with E-state index in [0.29, 0.717) is 6.04 Å². The maximum atomic E-state index is 4.97. The highest BCUT2D eigenvalue weighted by Gasteiger charge is 2.24. The Morgan fingerprint density at radius 1 is 1.30 bits per heavy atom. The van der Waals surface area contributed by atoms with Crippen molar-refractivity contribution in [2.45, 2.75) is 52.0 Å². The molecule has 1 aliphatic carbocycles. The second kappa shape index (κ2) is 6.37. The van der Waals surface area contributed by atoms with Gasteiger partial charge in [0.05, 0.1) is 16.6 Å². The summed E-state index contributed by atoms with van der Waals surface area (Å²) in [6.45, 7) is 5.53. The SMILES string of the molecule is CCCNC1CCCc2sc(-c3ccc(CC)s3)nc21. The van der Waals surface area contributed by atoms with Gasteiger partial charge in [-0.05, 0) is 50.8 Å². The van der Waals surface area contributed by atoms with Crippen molar-refractivity contribution in [3.63, 3.8) is 0 Å². The molecule has 0 aromatic carbocycles. The lowest BCUT2D eigenvalue weighted by Crippen LogP contribution is -2.25. The highest BCUT2D eigenvalue weighted by atomic mass is 32.1. The molecule has 2 aromatic rings. The van der Waals surface area contributed by atoms with E-state index in [0.717, 1.165) is 13.0 Å². The molecule has 108 valence electrons. The first kappa shape index (κ1) is 14.2. The summed E-state index contributed by atoms with van der Waals surface area (Å²) in [5, 5.41) is 4.88. The van der Waals surface area contributed by atoms with Crippen LogP contribution in [0.5, 0.6) is 0 Å². The van der Waals surface area contributed by atoms with E-state index in [2.05, 4.69) is 31.3 Å². The molecule has 0 spiro atoms. The molecule has 1 unspecified atom stereocenters. The van der Waals surface area contributed by atoms with Gasteiger partial charge in [-0.15, -0.1) is 22.7 Å². The van der Waals surface area contributed by atoms with Crippen LogP contribution in [0.15, 0.2) is 12.1 Å². The Bertz CT molecular complexity index is 571. The summed E-state index contributed by atoms with van der Waals surface area (Å²) in [4.78, 5) is 9.27. The van der Waals surface area contributed by atoms with Gasteiger partial charge in [0.2, 0.25) is 0 Å². The number of rotatable bonds is 5. The number of aryl methyl sites for hydroxylation is 2. The molecule has 2 aromatic heterocycles. The quantitative estimate of drug-likeness (QED) is 0.857. The third-order valence-corrected chi connectivity index (χ3v) is 6.35. The van der Waals surface area contributed by atoms with Gasteiger partial charge in [0.25, 0.3) is 0 Å². The highest BCUT2D eigenvalue weighted by molar-refractivity contribution is 7.21. The zero-order valence-electron chi connectivity index (χ0n) is 12.2. The van der Waals surface area contributed by atoms with Crippen molar-refractivity contribution >= 4 is 22.7 Å². The monoisotopic (exact) mass is 306 g/mol. The average molecular weight is 306 g/mol. The van der Waals surface area contributed by atoms with Gasteiger partial charge in [0.1, 0.15) is 5.01 Å². The van der Waals surface area contributed by atoms with Crippen molar-refractivity contribution in [1.82, 2.24) is 10.3 Å². The fraction of sp³-hybridized carbons (Fsp3) is 0.562. The summed E-state index contributed by atoms with van der Waals surface area (Å²) >= 11 is 3.80. The Kier molecular flexibility index (Phi) is 4.54. The van der Waals surface area contributed by atoms with E-state index in [1.165, 1.54) is 51.0 Å². The molecule has 3 rings (SSSR count). The molecule has 0 bridgehead atoms. The molecule has 2 nitrogen and oxygen atoms in total. The molecule has 2 heterocycles. The number of hydrogen-bond acceptors (Lipinski definition) is 4. The molecule has 1 aliphatic rings. The van der Waals surface area contributed by atoms with E-state index in [1.54, 1.807) is 0 Å². The van der Waals surface area contributed by atoms with E-state index in [1.807, 2.05) is 22.7 Å². The van der Waals surface area contributed by atoms with Gasteiger partial charge in [-0.25, -0.2) is 4.98 Å². The smallest absolute Gasteiger partial charge is 0.133 e. The Balaban J connectivity index is 1.86. The average Bonchev–Trinajstić information content (AvgIpc) is 3.10. The molecule has 4 heteroatoms. The lowest BCUT2D eigenvalue weighted by atomic mass is 9.97. The summed E-state index contributed by atoms with van der Waals surface area (Å²) in [5.41, 5.74) is 1.33. The number of nitrogens with zero attached hydrogens (tertiary/aromatic N) is 1. The van der Waals surface area contributed by atoms with Gasteiger partial charge in [-0.2, -0.15) is 0 Å². The maximum Gasteiger partial charge on any atom is 0.133 e. The zero-order valence-corrected chi connectivity index (χ0v) is 13.9. The van der Waals surface area contributed by atoms with Gasteiger partial charge in [-0.3, -0.25) is 0 Å². The Hall–Kier alpha value is -0.710. The summed E-state index contributed by atoms with van der Waals surface area (Å²) in [7, 11) is 0. The van der Waals surface area contributed by atoms with Crippen molar-refractivity contribution in [2.75, 3.05) is 6.54 Å². The van der Waals surface area contributed by atoms with Crippen molar-refractivity contribution in [3.8, 4) is 9.88 Å². The number of hydrogen-bond donors (Lipinski definition) is 1. The van der Waals surface area contributed by atoms with Crippen molar-refractivity contribution < 1.29 is 0 Å². The van der Waals surface area contributed by atoms with Gasteiger partial charge in [0.15, 0.2) is 0 Å². The molecule has 0 aliphatic heterocycles. The van der Waals surface area contributed by atoms with Crippen LogP contribution in [-0.2, 0) is 12.8 Å². The first-order valence-corrected chi connectivity index (χ1v) is 9.27. The maximum absolute atomic E-state index is 4.97. The molecular formula is C16H22N2S2. The number of thiophene rings is 1. The molecule has 1 atom stereocenters. The van der Waals surface area contributed by atoms with Crippen LogP contribution in [0, 0.1) is 0 Å². The van der Waals surface area contributed by atoms with Crippen LogP contribution in [0.4, 0.5) is 0 Å². The minimum atomic E-state index is 0.481. The molecule has 20 heavy (non-hydrogen) atoms. The van der Waals surface area contributed by atoms with Crippen molar-refractivity contribution in [3.05, 3.63) is 27.6 Å². The number of nitrogens with one attached hydrogen (secondary N) is 1. The lowest BCUT2D eigenvalue weighted by molar-refractivity contribution is 0.454. The van der Waals surface area contributed by atoms with E-state index in [4.69, 9.17) is 4.98 Å². The van der Waals surface area contributed by atoms with Crippen LogP contribution in [0.2, 0.25) is 0 Å². The minimum Gasteiger partial charge on any atom is -0.309 e. The van der Waals surface area contributed by atoms with E-state index >= 15 is 0 Å². The normalized spacial score (nSPS) is 18.2. The molecule has 0 saturated heterocycles. The summed E-state index contributed by atoms with van der Waals surface area (Å²) in [6, 6.07) is 4.96. The third kappa shape index (κ3) is 2.83. The van der Waals surface area contributed by atoms with Gasteiger partial charge in [-0.1, -0.05) is 13.8 Å². The Labute approximate surface area is 129 Å². The van der Waals surface area contributed by atoms with Crippen LogP contribution in [0.3, 0.4) is 0 Å². The second-order valence-corrected chi connectivity index (χ2v) is 7.60. The predicted molar refractivity (Wildman–Crippen MR) is 88.8 cm³/mol. The van der Waals surface area contributed by atoms with Crippen molar-refractivity contribution in [2.24, 2.45) is 0 Å². The molecule has 0 saturated carbocycles. The van der Waals surface area contributed by atoms with Crippen molar-refractivity contribution in [1.29, 1.82) is 0 Å². The largest absolute Gasteiger partial charge is 0.309 e. The lowest BCUT2D eigenvalue weighted by Gasteiger charge is -2.22. The minimum absolute atomic E-state index is 0.481. The van der Waals surface area contributed by atoms with Crippen LogP contribution >= 0.6 is 22.7 Å². The number of aromatic nitrogens is 1. The summed E-state index contributed by atoms with van der Waals surface area (Å²) in [6.07, 6.45) is 6.05. The zero-order chi connectivity index (χ0) is 13.9. The molecule has 0 amide bonds. The van der Waals surface area contributed by atoms with Crippen LogP contribution in [0.1, 0.15) is 54.6 Å². The summed E-state index contributed by atoms with van der Waals surface area (Å²) in [5.74, 6) is 0. The highest BCUT2D eigenvalue weighted by Crippen LogP contribution is 2.39. The molecule has 1 N–H and O–H groups in total. The van der Waals surface area contributed by atoms with E-state index in [-0.39, 0.29) is 0 Å². The predicted octanol–water partition coefficient (Wildman–Crippen LogP) is 4.81. The van der Waals surface area contributed by atoms with Gasteiger partial charge in [0, 0.05) is 9.75 Å². The first-order chi connectivity index (χ1) is 9.81. The van der Waals surface area contributed by atoms with Crippen LogP contribution in [-0.4, -0.2) is 11.5 Å². The Morgan fingerprint density at radius 3 is 2.95 bits per heavy atom. The fourth-order valence-corrected chi connectivity index (χ4v) is 4.89. The van der Waals surface area contributed by atoms with E-state index < -0.39 is 0 Å². The molecule has 0 fully saturated rings. The first-order valence-electron chi connectivity index (χ1n) is 7.63. The standard InChI is InChI=1S/C16H22N2S2/c1-3-10-17-12-6-5-7-13-15(12)18-16(20-13)14-9-8-11(4-2)19-14/h8-9,12,17H,3-7,10H2,1-2H3.